The number of carbonyl (C=O) groups excluding carboxylic acids is 4. The number of hydrogen-bond donors (Lipinski definition) is 2. The molecule has 0 aromatic heterocycles. The van der Waals surface area contributed by atoms with Crippen LogP contribution in [0.25, 0.3) is 0 Å². The fourth-order valence-corrected chi connectivity index (χ4v) is 4.11. The van der Waals surface area contributed by atoms with Crippen LogP contribution in [0.1, 0.15) is 46.8 Å². The molecular formula is C27H24ClN3O4. The molecule has 4 amide bonds. The molecule has 1 aliphatic heterocycles. The first-order valence-corrected chi connectivity index (χ1v) is 11.6. The van der Waals surface area contributed by atoms with Crippen molar-refractivity contribution in [3.8, 4) is 0 Å². The molecule has 1 heterocycles. The van der Waals surface area contributed by atoms with Crippen molar-refractivity contribution < 1.29 is 19.2 Å². The fraction of sp³-hybridized carbons (Fsp3) is 0.185. The number of likely N-dealkylation sites (tertiary alicyclic amines) is 1. The van der Waals surface area contributed by atoms with Gasteiger partial charge < -0.3 is 10.6 Å². The average Bonchev–Trinajstić information content (AvgIpc) is 3.17. The Balaban J connectivity index is 1.41. The Labute approximate surface area is 208 Å². The van der Waals surface area contributed by atoms with Crippen molar-refractivity contribution in [3.05, 3.63) is 101 Å². The zero-order chi connectivity index (χ0) is 24.8. The molecule has 0 radical (unpaired) electrons. The van der Waals surface area contributed by atoms with E-state index in [2.05, 4.69) is 10.6 Å². The highest BCUT2D eigenvalue weighted by atomic mass is 35.5. The van der Waals surface area contributed by atoms with E-state index >= 15 is 0 Å². The number of carbonyl (C=O) groups is 4. The normalized spacial score (nSPS) is 14.0. The second-order valence-corrected chi connectivity index (χ2v) is 8.65. The summed E-state index contributed by atoms with van der Waals surface area (Å²) in [6.07, 6.45) is 0.518. The summed E-state index contributed by atoms with van der Waals surface area (Å²) in [6, 6.07) is 22.4. The van der Waals surface area contributed by atoms with Crippen LogP contribution >= 0.6 is 11.6 Å². The van der Waals surface area contributed by atoms with Crippen molar-refractivity contribution in [2.45, 2.75) is 31.8 Å². The van der Waals surface area contributed by atoms with Crippen molar-refractivity contribution in [2.24, 2.45) is 0 Å². The molecule has 0 saturated carbocycles. The second kappa shape index (κ2) is 11.0. The number of halogens is 1. The van der Waals surface area contributed by atoms with Gasteiger partial charge in [0, 0.05) is 18.5 Å². The minimum absolute atomic E-state index is 0.0126. The molecule has 178 valence electrons. The summed E-state index contributed by atoms with van der Waals surface area (Å²) in [7, 11) is 0. The predicted molar refractivity (Wildman–Crippen MR) is 133 cm³/mol. The van der Waals surface area contributed by atoms with Crippen LogP contribution < -0.4 is 10.6 Å². The summed E-state index contributed by atoms with van der Waals surface area (Å²) in [6.45, 7) is 0.218. The first-order valence-electron chi connectivity index (χ1n) is 11.2. The molecular weight excluding hydrogens is 466 g/mol. The van der Waals surface area contributed by atoms with Gasteiger partial charge in [-0.3, -0.25) is 24.1 Å². The van der Waals surface area contributed by atoms with E-state index in [9.17, 15) is 19.2 Å². The van der Waals surface area contributed by atoms with Crippen molar-refractivity contribution in [1.29, 1.82) is 0 Å². The zero-order valence-electron chi connectivity index (χ0n) is 18.9. The molecule has 8 heteroatoms. The molecule has 1 fully saturated rings. The van der Waals surface area contributed by atoms with Gasteiger partial charge in [-0.15, -0.1) is 0 Å². The van der Waals surface area contributed by atoms with E-state index < -0.39 is 6.04 Å². The molecule has 1 unspecified atom stereocenters. The van der Waals surface area contributed by atoms with E-state index in [1.54, 1.807) is 48.5 Å². The standard InChI is InChI=1S/C27H24ClN3O4/c28-22-9-5-4-8-21(22)27(35)30-23(19-6-2-1-3-7-19)16-24(32)29-20-12-10-18(11-13-20)17-31-25(33)14-15-26(31)34/h1-13,23H,14-17H2,(H,29,32)(H,30,35). The van der Waals surface area contributed by atoms with E-state index in [0.29, 0.717) is 16.3 Å². The summed E-state index contributed by atoms with van der Waals surface area (Å²) in [4.78, 5) is 50.6. The molecule has 0 spiro atoms. The summed E-state index contributed by atoms with van der Waals surface area (Å²) in [5, 5.41) is 6.08. The summed E-state index contributed by atoms with van der Waals surface area (Å²) in [5.74, 6) is -0.986. The molecule has 7 nitrogen and oxygen atoms in total. The van der Waals surface area contributed by atoms with Gasteiger partial charge in [-0.1, -0.05) is 66.2 Å². The SMILES string of the molecule is O=C(CC(NC(=O)c1ccccc1Cl)c1ccccc1)Nc1ccc(CN2C(=O)CCC2=O)cc1. The van der Waals surface area contributed by atoms with Crippen molar-refractivity contribution in [1.82, 2.24) is 10.2 Å². The topological polar surface area (TPSA) is 95.6 Å². The molecule has 0 aliphatic carbocycles. The maximum Gasteiger partial charge on any atom is 0.253 e. The van der Waals surface area contributed by atoms with Crippen molar-refractivity contribution >= 4 is 40.9 Å². The lowest BCUT2D eigenvalue weighted by Gasteiger charge is -2.20. The van der Waals surface area contributed by atoms with Gasteiger partial charge in [-0.05, 0) is 35.4 Å². The smallest absolute Gasteiger partial charge is 0.253 e. The monoisotopic (exact) mass is 489 g/mol. The van der Waals surface area contributed by atoms with Crippen LogP contribution in [0.3, 0.4) is 0 Å². The number of hydrogen-bond acceptors (Lipinski definition) is 4. The third-order valence-electron chi connectivity index (χ3n) is 5.75. The van der Waals surface area contributed by atoms with Gasteiger partial charge in [0.1, 0.15) is 0 Å². The first-order chi connectivity index (χ1) is 16.9. The summed E-state index contributed by atoms with van der Waals surface area (Å²) >= 11 is 6.16. The van der Waals surface area contributed by atoms with Crippen LogP contribution in [0.4, 0.5) is 5.69 Å². The highest BCUT2D eigenvalue weighted by Crippen LogP contribution is 2.22. The van der Waals surface area contributed by atoms with Crippen LogP contribution in [0, 0.1) is 0 Å². The zero-order valence-corrected chi connectivity index (χ0v) is 19.6. The second-order valence-electron chi connectivity index (χ2n) is 8.24. The molecule has 3 aromatic carbocycles. The Morgan fingerprint density at radius 1 is 0.857 bits per heavy atom. The van der Waals surface area contributed by atoms with Crippen LogP contribution in [-0.2, 0) is 20.9 Å². The predicted octanol–water partition coefficient (Wildman–Crippen LogP) is 4.49. The third kappa shape index (κ3) is 6.13. The number of imide groups is 1. The Morgan fingerprint density at radius 3 is 2.14 bits per heavy atom. The van der Waals surface area contributed by atoms with Crippen molar-refractivity contribution in [2.75, 3.05) is 5.32 Å². The minimum Gasteiger partial charge on any atom is -0.345 e. The molecule has 2 N–H and O–H groups in total. The molecule has 35 heavy (non-hydrogen) atoms. The van der Waals surface area contributed by atoms with Gasteiger partial charge in [0.25, 0.3) is 5.91 Å². The van der Waals surface area contributed by atoms with Gasteiger partial charge >= 0.3 is 0 Å². The Hall–Kier alpha value is -3.97. The maximum atomic E-state index is 12.8. The number of rotatable bonds is 8. The minimum atomic E-state index is -0.563. The van der Waals surface area contributed by atoms with Crippen molar-refractivity contribution in [3.63, 3.8) is 0 Å². The number of nitrogens with zero attached hydrogens (tertiary/aromatic N) is 1. The van der Waals surface area contributed by atoms with E-state index in [1.807, 2.05) is 30.3 Å². The lowest BCUT2D eigenvalue weighted by molar-refractivity contribution is -0.139. The van der Waals surface area contributed by atoms with Gasteiger partial charge in [-0.25, -0.2) is 0 Å². The first kappa shape index (κ1) is 24.2. The summed E-state index contributed by atoms with van der Waals surface area (Å²) in [5.41, 5.74) is 2.49. The number of benzene rings is 3. The highest BCUT2D eigenvalue weighted by molar-refractivity contribution is 6.33. The highest BCUT2D eigenvalue weighted by Gasteiger charge is 2.28. The van der Waals surface area contributed by atoms with Gasteiger partial charge in [0.2, 0.25) is 17.7 Å². The maximum absolute atomic E-state index is 12.8. The molecule has 0 bridgehead atoms. The van der Waals surface area contributed by atoms with E-state index in [4.69, 9.17) is 11.6 Å². The number of amides is 4. The quantitative estimate of drug-likeness (QED) is 0.456. The van der Waals surface area contributed by atoms with E-state index in [0.717, 1.165) is 11.1 Å². The fourth-order valence-electron chi connectivity index (χ4n) is 3.89. The lowest BCUT2D eigenvalue weighted by atomic mass is 10.0. The summed E-state index contributed by atoms with van der Waals surface area (Å²) < 4.78 is 0. The largest absolute Gasteiger partial charge is 0.345 e. The van der Waals surface area contributed by atoms with E-state index in [1.165, 1.54) is 4.90 Å². The van der Waals surface area contributed by atoms with Crippen LogP contribution in [0.5, 0.6) is 0 Å². The Bertz CT molecular complexity index is 1230. The average molecular weight is 490 g/mol. The van der Waals surface area contributed by atoms with Crippen LogP contribution in [0.2, 0.25) is 5.02 Å². The molecule has 4 rings (SSSR count). The number of nitrogens with one attached hydrogen (secondary N) is 2. The molecule has 1 aliphatic rings. The molecule has 3 aromatic rings. The van der Waals surface area contributed by atoms with Gasteiger partial charge in [0.15, 0.2) is 0 Å². The Kier molecular flexibility index (Phi) is 7.57. The lowest BCUT2D eigenvalue weighted by Crippen LogP contribution is -2.31. The van der Waals surface area contributed by atoms with Crippen LogP contribution in [0.15, 0.2) is 78.9 Å². The third-order valence-corrected chi connectivity index (χ3v) is 6.08. The van der Waals surface area contributed by atoms with Gasteiger partial charge in [-0.2, -0.15) is 0 Å². The van der Waals surface area contributed by atoms with Gasteiger partial charge in [0.05, 0.1) is 29.6 Å². The number of anilines is 1. The molecule has 1 saturated heterocycles. The van der Waals surface area contributed by atoms with E-state index in [-0.39, 0.29) is 49.4 Å². The van der Waals surface area contributed by atoms with Crippen LogP contribution in [-0.4, -0.2) is 28.5 Å². The Morgan fingerprint density at radius 2 is 1.49 bits per heavy atom. The molecule has 1 atom stereocenters.